The second-order valence-electron chi connectivity index (χ2n) is 5.38. The molecule has 0 atom stereocenters. The van der Waals surface area contributed by atoms with Crippen molar-refractivity contribution in [3.8, 4) is 0 Å². The fourth-order valence-corrected chi connectivity index (χ4v) is 2.75. The maximum Gasteiger partial charge on any atom is 0.354 e. The van der Waals surface area contributed by atoms with E-state index in [4.69, 9.17) is 0 Å². The third-order valence-electron chi connectivity index (χ3n) is 3.87. The Labute approximate surface area is 132 Å². The molecule has 0 saturated heterocycles. The Morgan fingerprint density at radius 3 is 2.22 bits per heavy atom. The predicted molar refractivity (Wildman–Crippen MR) is 85.5 cm³/mol. The van der Waals surface area contributed by atoms with Crippen LogP contribution in [0.3, 0.4) is 0 Å². The summed E-state index contributed by atoms with van der Waals surface area (Å²) >= 11 is 0. The average Bonchev–Trinajstić information content (AvgIpc) is 3.07. The second-order valence-corrected chi connectivity index (χ2v) is 5.38. The number of aromatic nitrogens is 3. The van der Waals surface area contributed by atoms with Crippen molar-refractivity contribution in [2.24, 2.45) is 0 Å². The summed E-state index contributed by atoms with van der Waals surface area (Å²) in [5.74, 6) is 0.472. The van der Waals surface area contributed by atoms with E-state index in [-0.39, 0.29) is 6.03 Å². The smallest absolute Gasteiger partial charge is 0.286 e. The number of para-hydroxylation sites is 1. The maximum absolute atomic E-state index is 12.5. The van der Waals surface area contributed by atoms with E-state index < -0.39 is 5.69 Å². The van der Waals surface area contributed by atoms with Crippen LogP contribution < -0.4 is 10.6 Å². The number of nitrogens with zero attached hydrogens (tertiary/aromatic N) is 4. The van der Waals surface area contributed by atoms with Crippen LogP contribution in [0.4, 0.5) is 10.5 Å². The topological polar surface area (TPSA) is 60.1 Å². The van der Waals surface area contributed by atoms with Gasteiger partial charge in [-0.1, -0.05) is 48.5 Å². The highest BCUT2D eigenvalue weighted by Crippen LogP contribution is 2.21. The fourth-order valence-electron chi connectivity index (χ4n) is 2.75. The van der Waals surface area contributed by atoms with Crippen LogP contribution in [0.1, 0.15) is 11.4 Å². The molecule has 2 aromatic carbocycles. The van der Waals surface area contributed by atoms with Gasteiger partial charge < -0.3 is 0 Å². The zero-order valence-corrected chi connectivity index (χ0v) is 12.3. The summed E-state index contributed by atoms with van der Waals surface area (Å²) in [7, 11) is 0. The molecule has 0 spiro atoms. The van der Waals surface area contributed by atoms with E-state index in [2.05, 4.69) is 5.10 Å². The van der Waals surface area contributed by atoms with Gasteiger partial charge in [-0.25, -0.2) is 14.3 Å². The summed E-state index contributed by atoms with van der Waals surface area (Å²) in [4.78, 5) is 26.5. The number of carbonyl (C=O) groups is 1. The molecule has 1 aromatic heterocycles. The van der Waals surface area contributed by atoms with Crippen molar-refractivity contribution in [2.45, 2.75) is 13.1 Å². The van der Waals surface area contributed by atoms with Crippen LogP contribution in [0.25, 0.3) is 0 Å². The number of amides is 1. The largest absolute Gasteiger partial charge is 0.354 e. The molecule has 4 rings (SSSR count). The lowest BCUT2D eigenvalue weighted by molar-refractivity contribution is 0.250. The summed E-state index contributed by atoms with van der Waals surface area (Å²) in [6, 6.07) is 18.5. The van der Waals surface area contributed by atoms with Crippen molar-refractivity contribution < 1.29 is 4.79 Å². The standard InChI is InChI=1S/C17H14N4O2/c22-16-19(14-9-5-2-6-10-14)12-15-18-20(17(23)21(15)16)11-13-7-3-1-4-8-13/h1-10H,11-12H2. The molecule has 114 valence electrons. The predicted octanol–water partition coefficient (Wildman–Crippen LogP) is 2.08. The molecule has 2 heterocycles. The van der Waals surface area contributed by atoms with Crippen molar-refractivity contribution in [2.75, 3.05) is 4.90 Å². The minimum atomic E-state index is -0.396. The summed E-state index contributed by atoms with van der Waals surface area (Å²) in [5.41, 5.74) is 1.34. The van der Waals surface area contributed by atoms with Crippen molar-refractivity contribution in [1.29, 1.82) is 0 Å². The van der Waals surface area contributed by atoms with Gasteiger partial charge in [-0.15, -0.1) is 0 Å². The highest BCUT2D eigenvalue weighted by molar-refractivity contribution is 5.95. The first-order valence-corrected chi connectivity index (χ1v) is 7.33. The van der Waals surface area contributed by atoms with Gasteiger partial charge in [-0.3, -0.25) is 4.90 Å². The lowest BCUT2D eigenvalue weighted by Gasteiger charge is -2.14. The number of hydrogen-bond donors (Lipinski definition) is 0. The third-order valence-corrected chi connectivity index (χ3v) is 3.87. The van der Waals surface area contributed by atoms with Crippen LogP contribution >= 0.6 is 0 Å². The van der Waals surface area contributed by atoms with E-state index in [0.717, 1.165) is 15.8 Å². The van der Waals surface area contributed by atoms with Gasteiger partial charge in [0.15, 0.2) is 5.82 Å². The summed E-state index contributed by atoms with van der Waals surface area (Å²) < 4.78 is 2.49. The Bertz CT molecular complexity index is 913. The van der Waals surface area contributed by atoms with Crippen molar-refractivity contribution in [3.63, 3.8) is 0 Å². The highest BCUT2D eigenvalue weighted by atomic mass is 16.2. The Kier molecular flexibility index (Phi) is 3.08. The molecule has 0 aliphatic carbocycles. The van der Waals surface area contributed by atoms with E-state index in [1.165, 1.54) is 4.68 Å². The molecule has 0 unspecified atom stereocenters. The van der Waals surface area contributed by atoms with Gasteiger partial charge in [0, 0.05) is 5.69 Å². The van der Waals surface area contributed by atoms with Gasteiger partial charge in [0.25, 0.3) is 0 Å². The minimum absolute atomic E-state index is 0.305. The van der Waals surface area contributed by atoms with Crippen LogP contribution in [-0.2, 0) is 13.1 Å². The van der Waals surface area contributed by atoms with Gasteiger partial charge in [0.2, 0.25) is 0 Å². The van der Waals surface area contributed by atoms with E-state index in [9.17, 15) is 9.59 Å². The third kappa shape index (κ3) is 2.24. The van der Waals surface area contributed by atoms with Crippen LogP contribution in [0.2, 0.25) is 0 Å². The normalized spacial score (nSPS) is 13.4. The summed E-state index contributed by atoms with van der Waals surface area (Å²) in [6.45, 7) is 0.665. The van der Waals surface area contributed by atoms with Crippen LogP contribution in [0, 0.1) is 0 Å². The Balaban J connectivity index is 1.66. The van der Waals surface area contributed by atoms with E-state index >= 15 is 0 Å². The van der Waals surface area contributed by atoms with Gasteiger partial charge in [-0.05, 0) is 17.7 Å². The van der Waals surface area contributed by atoms with Gasteiger partial charge in [0.1, 0.15) is 0 Å². The molecule has 6 nitrogen and oxygen atoms in total. The van der Waals surface area contributed by atoms with Crippen LogP contribution in [0.15, 0.2) is 65.5 Å². The Hall–Kier alpha value is -3.15. The number of rotatable bonds is 3. The average molecular weight is 306 g/mol. The fraction of sp³-hybridized carbons (Fsp3) is 0.118. The summed E-state index contributed by atoms with van der Waals surface area (Å²) in [6.07, 6.45) is 0. The Morgan fingerprint density at radius 2 is 1.57 bits per heavy atom. The van der Waals surface area contributed by atoms with Crippen LogP contribution in [0.5, 0.6) is 0 Å². The monoisotopic (exact) mass is 306 g/mol. The summed E-state index contributed by atoms with van der Waals surface area (Å²) in [5, 5.41) is 4.32. The first-order valence-electron chi connectivity index (χ1n) is 7.33. The maximum atomic E-state index is 12.5. The van der Waals surface area contributed by atoms with Crippen molar-refractivity contribution in [3.05, 3.63) is 82.5 Å². The molecule has 1 amide bonds. The molecular formula is C17H14N4O2. The van der Waals surface area contributed by atoms with E-state index in [0.29, 0.717) is 18.9 Å². The first-order chi connectivity index (χ1) is 11.2. The second kappa shape index (κ2) is 5.24. The minimum Gasteiger partial charge on any atom is -0.286 e. The van der Waals surface area contributed by atoms with Gasteiger partial charge >= 0.3 is 11.7 Å². The molecular weight excluding hydrogens is 292 g/mol. The molecule has 6 heteroatoms. The molecule has 1 aliphatic rings. The molecule has 0 N–H and O–H groups in total. The van der Waals surface area contributed by atoms with E-state index in [1.54, 1.807) is 4.90 Å². The van der Waals surface area contributed by atoms with Crippen LogP contribution in [-0.4, -0.2) is 20.4 Å². The molecule has 0 radical (unpaired) electrons. The number of benzene rings is 2. The molecule has 23 heavy (non-hydrogen) atoms. The first kappa shape index (κ1) is 13.5. The quantitative estimate of drug-likeness (QED) is 0.744. The Morgan fingerprint density at radius 1 is 0.913 bits per heavy atom. The number of fused-ring (bicyclic) bond motifs is 1. The molecule has 0 fully saturated rings. The van der Waals surface area contributed by atoms with Crippen molar-refractivity contribution in [1.82, 2.24) is 14.3 Å². The zero-order chi connectivity index (χ0) is 15.8. The molecule has 1 aliphatic heterocycles. The van der Waals surface area contributed by atoms with Crippen molar-refractivity contribution >= 4 is 11.7 Å². The highest BCUT2D eigenvalue weighted by Gasteiger charge is 2.33. The number of hydrogen-bond acceptors (Lipinski definition) is 3. The zero-order valence-electron chi connectivity index (χ0n) is 12.3. The number of anilines is 1. The lowest BCUT2D eigenvalue weighted by Crippen LogP contribution is -2.34. The number of carbonyl (C=O) groups excluding carboxylic acids is 1. The lowest BCUT2D eigenvalue weighted by atomic mass is 10.2. The SMILES string of the molecule is O=C1N(c2ccccc2)Cc2nn(Cc3ccccc3)c(=O)n21. The van der Waals surface area contributed by atoms with E-state index in [1.807, 2.05) is 60.7 Å². The van der Waals surface area contributed by atoms with Gasteiger partial charge in [-0.2, -0.15) is 9.67 Å². The van der Waals surface area contributed by atoms with Gasteiger partial charge in [0.05, 0.1) is 13.1 Å². The molecule has 0 saturated carbocycles. The molecule has 3 aromatic rings. The molecule has 0 bridgehead atoms.